The van der Waals surface area contributed by atoms with Crippen LogP contribution in [0.5, 0.6) is 0 Å². The molecule has 1 N–H and O–H groups in total. The SMILES string of the molecule is Cc1ccc(NC(=O)C[C@@H]2C(=O)N(Cc3ccccc3)c3nc4ccccc4n32)cc1. The molecule has 0 unspecified atom stereocenters. The fourth-order valence-electron chi connectivity index (χ4n) is 4.04. The van der Waals surface area contributed by atoms with Gasteiger partial charge in [-0.25, -0.2) is 4.98 Å². The zero-order valence-corrected chi connectivity index (χ0v) is 17.2. The molecular weight excluding hydrogens is 388 g/mol. The molecule has 0 aliphatic carbocycles. The summed E-state index contributed by atoms with van der Waals surface area (Å²) in [6.45, 7) is 2.41. The Hall–Kier alpha value is -3.93. The summed E-state index contributed by atoms with van der Waals surface area (Å²) in [6.07, 6.45) is 0.0470. The quantitative estimate of drug-likeness (QED) is 0.528. The predicted molar refractivity (Wildman–Crippen MR) is 121 cm³/mol. The van der Waals surface area contributed by atoms with Crippen molar-refractivity contribution >= 4 is 34.5 Å². The maximum Gasteiger partial charge on any atom is 0.253 e. The number of fused-ring (bicyclic) bond motifs is 3. The molecule has 1 aliphatic heterocycles. The minimum absolute atomic E-state index is 0.0470. The van der Waals surface area contributed by atoms with Crippen LogP contribution >= 0.6 is 0 Å². The largest absolute Gasteiger partial charge is 0.326 e. The van der Waals surface area contributed by atoms with Gasteiger partial charge in [-0.15, -0.1) is 0 Å². The van der Waals surface area contributed by atoms with Crippen LogP contribution in [0.3, 0.4) is 0 Å². The van der Waals surface area contributed by atoms with Crippen LogP contribution in [0.4, 0.5) is 11.6 Å². The minimum Gasteiger partial charge on any atom is -0.326 e. The number of nitrogens with one attached hydrogen (secondary N) is 1. The van der Waals surface area contributed by atoms with Crippen molar-refractivity contribution in [3.63, 3.8) is 0 Å². The Balaban J connectivity index is 1.46. The van der Waals surface area contributed by atoms with Gasteiger partial charge in [0.1, 0.15) is 6.04 Å². The minimum atomic E-state index is -0.628. The van der Waals surface area contributed by atoms with Crippen molar-refractivity contribution in [1.29, 1.82) is 0 Å². The van der Waals surface area contributed by atoms with Gasteiger partial charge in [0, 0.05) is 5.69 Å². The Morgan fingerprint density at radius 3 is 2.45 bits per heavy atom. The molecule has 4 aromatic rings. The number of nitrogens with zero attached hydrogens (tertiary/aromatic N) is 3. The van der Waals surface area contributed by atoms with Gasteiger partial charge in [-0.2, -0.15) is 0 Å². The maximum absolute atomic E-state index is 13.4. The third-order valence-corrected chi connectivity index (χ3v) is 5.58. The molecule has 6 nitrogen and oxygen atoms in total. The van der Waals surface area contributed by atoms with Crippen LogP contribution in [-0.4, -0.2) is 21.4 Å². The highest BCUT2D eigenvalue weighted by molar-refractivity contribution is 6.05. The second-order valence-corrected chi connectivity index (χ2v) is 7.81. The van der Waals surface area contributed by atoms with Crippen molar-refractivity contribution in [2.45, 2.75) is 25.9 Å². The van der Waals surface area contributed by atoms with Crippen molar-refractivity contribution in [3.05, 3.63) is 90.0 Å². The van der Waals surface area contributed by atoms with Gasteiger partial charge in [0.15, 0.2) is 0 Å². The lowest BCUT2D eigenvalue weighted by molar-refractivity contribution is -0.124. The van der Waals surface area contributed by atoms with Crippen LogP contribution in [0.2, 0.25) is 0 Å². The van der Waals surface area contributed by atoms with Crippen molar-refractivity contribution in [2.24, 2.45) is 0 Å². The first-order valence-electron chi connectivity index (χ1n) is 10.3. The van der Waals surface area contributed by atoms with Crippen molar-refractivity contribution in [2.75, 3.05) is 10.2 Å². The van der Waals surface area contributed by atoms with Gasteiger partial charge >= 0.3 is 0 Å². The molecule has 1 aromatic heterocycles. The standard InChI is InChI=1S/C25H22N4O2/c1-17-11-13-19(14-12-17)26-23(30)15-22-24(31)28(16-18-7-3-2-4-8-18)25-27-20-9-5-6-10-21(20)29(22)25/h2-14,22H,15-16H2,1H3,(H,26,30)/t22-/m1/s1. The van der Waals surface area contributed by atoms with E-state index in [9.17, 15) is 9.59 Å². The first-order valence-corrected chi connectivity index (χ1v) is 10.3. The van der Waals surface area contributed by atoms with E-state index in [2.05, 4.69) is 5.32 Å². The van der Waals surface area contributed by atoms with Gasteiger partial charge in [-0.1, -0.05) is 60.2 Å². The smallest absolute Gasteiger partial charge is 0.253 e. The lowest BCUT2D eigenvalue weighted by Crippen LogP contribution is -2.31. The summed E-state index contributed by atoms with van der Waals surface area (Å²) in [4.78, 5) is 32.6. The summed E-state index contributed by atoms with van der Waals surface area (Å²) in [7, 11) is 0. The Labute approximate surface area is 180 Å². The molecule has 0 saturated carbocycles. The van der Waals surface area contributed by atoms with E-state index < -0.39 is 6.04 Å². The number of amides is 2. The number of anilines is 2. The van der Waals surface area contributed by atoms with Crippen LogP contribution in [-0.2, 0) is 16.1 Å². The van der Waals surface area contributed by atoms with Gasteiger partial charge in [-0.05, 0) is 36.8 Å². The molecular formula is C25H22N4O2. The zero-order chi connectivity index (χ0) is 21.4. The second kappa shape index (κ2) is 7.72. The van der Waals surface area contributed by atoms with Gasteiger partial charge in [0.25, 0.3) is 5.91 Å². The van der Waals surface area contributed by atoms with E-state index in [0.717, 1.165) is 27.8 Å². The molecule has 6 heteroatoms. The monoisotopic (exact) mass is 410 g/mol. The molecule has 0 fully saturated rings. The average Bonchev–Trinajstić information content (AvgIpc) is 3.27. The number of hydrogen-bond donors (Lipinski definition) is 1. The van der Waals surface area contributed by atoms with Gasteiger partial charge < -0.3 is 5.32 Å². The van der Waals surface area contributed by atoms with Crippen LogP contribution in [0.25, 0.3) is 11.0 Å². The van der Waals surface area contributed by atoms with Crippen molar-refractivity contribution in [1.82, 2.24) is 9.55 Å². The summed E-state index contributed by atoms with van der Waals surface area (Å²) < 4.78 is 1.90. The molecule has 2 amide bonds. The van der Waals surface area contributed by atoms with Crippen molar-refractivity contribution < 1.29 is 9.59 Å². The molecule has 31 heavy (non-hydrogen) atoms. The Bertz CT molecular complexity index is 1260. The zero-order valence-electron chi connectivity index (χ0n) is 17.2. The highest BCUT2D eigenvalue weighted by Gasteiger charge is 2.40. The Morgan fingerprint density at radius 1 is 0.968 bits per heavy atom. The summed E-state index contributed by atoms with van der Waals surface area (Å²) in [5.41, 5.74) is 4.52. The first-order chi connectivity index (χ1) is 15.1. The van der Waals surface area contributed by atoms with E-state index in [0.29, 0.717) is 12.5 Å². The number of aryl methyl sites for hydroxylation is 1. The fourth-order valence-corrected chi connectivity index (χ4v) is 4.04. The molecule has 1 atom stereocenters. The van der Waals surface area contributed by atoms with Crippen LogP contribution in [0, 0.1) is 6.92 Å². The van der Waals surface area contributed by atoms with Crippen LogP contribution in [0.1, 0.15) is 23.6 Å². The summed E-state index contributed by atoms with van der Waals surface area (Å²) in [5, 5.41) is 2.91. The summed E-state index contributed by atoms with van der Waals surface area (Å²) >= 11 is 0. The average molecular weight is 410 g/mol. The first kappa shape index (κ1) is 19.1. The molecule has 0 radical (unpaired) electrons. The number of imidazole rings is 1. The van der Waals surface area contributed by atoms with E-state index in [1.807, 2.05) is 90.4 Å². The molecule has 3 aromatic carbocycles. The summed E-state index contributed by atoms with van der Waals surface area (Å²) in [5.74, 6) is 0.270. The number of para-hydroxylation sites is 2. The molecule has 1 aliphatic rings. The van der Waals surface area contributed by atoms with Gasteiger partial charge in [0.2, 0.25) is 11.9 Å². The molecule has 0 saturated heterocycles. The van der Waals surface area contributed by atoms with Crippen molar-refractivity contribution in [3.8, 4) is 0 Å². The van der Waals surface area contributed by atoms with E-state index in [-0.39, 0.29) is 18.2 Å². The summed E-state index contributed by atoms with van der Waals surface area (Å²) in [6, 6.07) is 24.5. The van der Waals surface area contributed by atoms with Gasteiger partial charge in [-0.3, -0.25) is 19.1 Å². The highest BCUT2D eigenvalue weighted by Crippen LogP contribution is 2.37. The lowest BCUT2D eigenvalue weighted by atomic mass is 10.1. The van der Waals surface area contributed by atoms with Crippen LogP contribution < -0.4 is 10.2 Å². The van der Waals surface area contributed by atoms with Gasteiger partial charge in [0.05, 0.1) is 24.0 Å². The number of benzene rings is 3. The maximum atomic E-state index is 13.4. The van der Waals surface area contributed by atoms with E-state index in [4.69, 9.17) is 4.98 Å². The topological polar surface area (TPSA) is 67.2 Å². The predicted octanol–water partition coefficient (Wildman–Crippen LogP) is 4.46. The van der Waals surface area contributed by atoms with E-state index in [1.54, 1.807) is 4.90 Å². The normalized spacial score (nSPS) is 15.3. The third kappa shape index (κ3) is 3.57. The highest BCUT2D eigenvalue weighted by atomic mass is 16.2. The number of hydrogen-bond acceptors (Lipinski definition) is 3. The van der Waals surface area contributed by atoms with E-state index in [1.165, 1.54) is 0 Å². The van der Waals surface area contributed by atoms with Crippen LogP contribution in [0.15, 0.2) is 78.9 Å². The second-order valence-electron chi connectivity index (χ2n) is 7.81. The molecule has 154 valence electrons. The fraction of sp³-hybridized carbons (Fsp3) is 0.160. The molecule has 0 bridgehead atoms. The lowest BCUT2D eigenvalue weighted by Gasteiger charge is -2.16. The number of carbonyl (C=O) groups excluding carboxylic acids is 2. The molecule has 0 spiro atoms. The third-order valence-electron chi connectivity index (χ3n) is 5.58. The molecule has 2 heterocycles. The number of aromatic nitrogens is 2. The number of rotatable bonds is 5. The number of carbonyl (C=O) groups is 2. The molecule has 5 rings (SSSR count). The Kier molecular flexibility index (Phi) is 4.75. The van der Waals surface area contributed by atoms with E-state index >= 15 is 0 Å². The Morgan fingerprint density at radius 2 is 1.68 bits per heavy atom.